The maximum Gasteiger partial charge on any atom is 0.150 e. The Balaban J connectivity index is 1.97. The minimum Gasteiger partial charge on any atom is -0.508 e. The minimum absolute atomic E-state index is 0.0891. The second-order valence-corrected chi connectivity index (χ2v) is 11.7. The van der Waals surface area contributed by atoms with E-state index < -0.39 is 12.1 Å². The van der Waals surface area contributed by atoms with Gasteiger partial charge in [-0.05, 0) is 61.1 Å². The van der Waals surface area contributed by atoms with Gasteiger partial charge in [0, 0.05) is 11.1 Å². The van der Waals surface area contributed by atoms with Gasteiger partial charge < -0.3 is 10.2 Å². The van der Waals surface area contributed by atoms with E-state index in [4.69, 9.17) is 0 Å². The van der Waals surface area contributed by atoms with Crippen LogP contribution >= 0.6 is 0 Å². The summed E-state index contributed by atoms with van der Waals surface area (Å²) in [4.78, 5) is 24.1. The lowest BCUT2D eigenvalue weighted by Gasteiger charge is -2.19. The van der Waals surface area contributed by atoms with Crippen LogP contribution in [-0.2, 0) is 12.8 Å². The zero-order valence-electron chi connectivity index (χ0n) is 25.7. The number of rotatable bonds is 24. The van der Waals surface area contributed by atoms with Crippen LogP contribution in [0, 0.1) is 9.81 Å². The number of nitrogens with zero attached hydrogens (tertiary/aromatic N) is 2. The van der Waals surface area contributed by atoms with Crippen LogP contribution in [0.1, 0.15) is 157 Å². The van der Waals surface area contributed by atoms with Crippen LogP contribution in [0.3, 0.4) is 0 Å². The maximum absolute atomic E-state index is 12.1. The SMILES string of the molecule is CCCCCCCCCCCCc1ccc(O)c(C(N=O)C(N=O)c2cc(CCCCCCCCC)ccc2O)c1. The van der Waals surface area contributed by atoms with Gasteiger partial charge in [-0.3, -0.25) is 0 Å². The van der Waals surface area contributed by atoms with E-state index in [9.17, 15) is 20.0 Å². The summed E-state index contributed by atoms with van der Waals surface area (Å²) in [7, 11) is 0. The molecule has 0 radical (unpaired) electrons. The number of phenolic OH excluding ortho intramolecular Hbond substituents is 2. The molecule has 2 unspecified atom stereocenters. The number of benzene rings is 2. The molecule has 0 spiro atoms. The lowest BCUT2D eigenvalue weighted by Crippen LogP contribution is -2.09. The van der Waals surface area contributed by atoms with E-state index in [2.05, 4.69) is 24.2 Å². The molecule has 0 bridgehead atoms. The predicted octanol–water partition coefficient (Wildman–Crippen LogP) is 11.2. The molecule has 0 aliphatic carbocycles. The summed E-state index contributed by atoms with van der Waals surface area (Å²) in [5.41, 5.74) is 2.55. The normalized spacial score (nSPS) is 12.7. The van der Waals surface area contributed by atoms with Gasteiger partial charge in [-0.2, -0.15) is 9.81 Å². The average molecular weight is 567 g/mol. The Morgan fingerprint density at radius 1 is 0.512 bits per heavy atom. The van der Waals surface area contributed by atoms with E-state index in [0.717, 1.165) is 49.7 Å². The van der Waals surface area contributed by atoms with Crippen molar-refractivity contribution in [2.24, 2.45) is 10.4 Å². The Morgan fingerprint density at radius 2 is 0.829 bits per heavy atom. The summed E-state index contributed by atoms with van der Waals surface area (Å²) in [5, 5.41) is 27.7. The van der Waals surface area contributed by atoms with Gasteiger partial charge in [0.15, 0.2) is 12.1 Å². The van der Waals surface area contributed by atoms with Crippen molar-refractivity contribution < 1.29 is 10.2 Å². The third kappa shape index (κ3) is 12.7. The molecule has 41 heavy (non-hydrogen) atoms. The smallest absolute Gasteiger partial charge is 0.150 e. The van der Waals surface area contributed by atoms with Gasteiger partial charge in [0.2, 0.25) is 0 Å². The molecule has 0 amide bonds. The summed E-state index contributed by atoms with van der Waals surface area (Å²) in [6.45, 7) is 4.46. The molecule has 0 fully saturated rings. The number of hydrogen-bond acceptors (Lipinski definition) is 6. The topological polar surface area (TPSA) is 99.3 Å². The minimum atomic E-state index is -1.22. The van der Waals surface area contributed by atoms with Gasteiger partial charge in [-0.1, -0.05) is 133 Å². The Bertz CT molecular complexity index is 1010. The van der Waals surface area contributed by atoms with Crippen LogP contribution in [0.4, 0.5) is 0 Å². The van der Waals surface area contributed by atoms with Crippen LogP contribution in [-0.4, -0.2) is 10.2 Å². The third-order valence-corrected chi connectivity index (χ3v) is 8.24. The number of hydrogen-bond donors (Lipinski definition) is 2. The van der Waals surface area contributed by atoms with Crippen molar-refractivity contribution in [1.29, 1.82) is 0 Å². The van der Waals surface area contributed by atoms with E-state index in [-0.39, 0.29) is 22.6 Å². The summed E-state index contributed by atoms with van der Waals surface area (Å²) in [6, 6.07) is 7.93. The number of aromatic hydroxyl groups is 2. The fourth-order valence-corrected chi connectivity index (χ4v) is 5.66. The highest BCUT2D eigenvalue weighted by molar-refractivity contribution is 5.44. The van der Waals surface area contributed by atoms with Crippen LogP contribution < -0.4 is 0 Å². The zero-order valence-corrected chi connectivity index (χ0v) is 25.7. The van der Waals surface area contributed by atoms with Crippen molar-refractivity contribution in [3.8, 4) is 11.5 Å². The molecular weight excluding hydrogens is 512 g/mol. The standard InChI is InChI=1S/C35H54N2O4/c1-3-5-7-9-11-12-13-15-17-19-21-29-23-25-33(39)31(27-29)35(37-41)34(36-40)30-26-28(22-24-32(30)38)20-18-16-14-10-8-6-4-2/h22-27,34-35,38-39H,3-21H2,1-2H3. The Morgan fingerprint density at radius 3 is 1.15 bits per heavy atom. The molecule has 0 aliphatic rings. The molecule has 6 heteroatoms. The fourth-order valence-electron chi connectivity index (χ4n) is 5.66. The molecule has 2 aromatic rings. The zero-order chi connectivity index (χ0) is 29.7. The third-order valence-electron chi connectivity index (χ3n) is 8.24. The average Bonchev–Trinajstić information content (AvgIpc) is 2.98. The molecule has 6 nitrogen and oxygen atoms in total. The summed E-state index contributed by atoms with van der Waals surface area (Å²) >= 11 is 0. The van der Waals surface area contributed by atoms with Gasteiger partial charge >= 0.3 is 0 Å². The molecular formula is C35H54N2O4. The van der Waals surface area contributed by atoms with Gasteiger partial charge in [-0.25, -0.2) is 0 Å². The summed E-state index contributed by atoms with van der Waals surface area (Å²) in [6.07, 6.45) is 22.6. The Kier molecular flexibility index (Phi) is 17.7. The quantitative estimate of drug-likeness (QED) is 0.0974. The highest BCUT2D eigenvalue weighted by Gasteiger charge is 2.32. The van der Waals surface area contributed by atoms with Gasteiger partial charge in [0.25, 0.3) is 0 Å². The molecule has 0 aliphatic heterocycles. The molecule has 2 N–H and O–H groups in total. The molecule has 2 atom stereocenters. The molecule has 0 saturated carbocycles. The van der Waals surface area contributed by atoms with Crippen molar-refractivity contribution >= 4 is 0 Å². The molecule has 0 aromatic heterocycles. The highest BCUT2D eigenvalue weighted by atomic mass is 16.3. The fraction of sp³-hybridized carbons (Fsp3) is 0.657. The van der Waals surface area contributed by atoms with Crippen molar-refractivity contribution in [3.05, 3.63) is 68.5 Å². The second kappa shape index (κ2) is 21.0. The van der Waals surface area contributed by atoms with Crippen LogP contribution in [0.2, 0.25) is 0 Å². The highest BCUT2D eigenvalue weighted by Crippen LogP contribution is 2.42. The lowest BCUT2D eigenvalue weighted by atomic mass is 9.90. The van der Waals surface area contributed by atoms with Gasteiger partial charge in [-0.15, -0.1) is 0 Å². The van der Waals surface area contributed by atoms with E-state index in [0.29, 0.717) is 0 Å². The van der Waals surface area contributed by atoms with Crippen molar-refractivity contribution in [3.63, 3.8) is 0 Å². The number of nitroso groups, excluding NO2 is 2. The first-order chi connectivity index (χ1) is 20.0. The Hall–Kier alpha value is -2.76. The van der Waals surface area contributed by atoms with Crippen molar-refractivity contribution in [1.82, 2.24) is 0 Å². The van der Waals surface area contributed by atoms with Gasteiger partial charge in [0.05, 0.1) is 0 Å². The first-order valence-electron chi connectivity index (χ1n) is 16.3. The van der Waals surface area contributed by atoms with Gasteiger partial charge in [0.1, 0.15) is 11.5 Å². The van der Waals surface area contributed by atoms with E-state index in [1.807, 2.05) is 12.1 Å². The van der Waals surface area contributed by atoms with Crippen LogP contribution in [0.25, 0.3) is 0 Å². The number of aryl methyl sites for hydroxylation is 2. The molecule has 0 saturated heterocycles. The van der Waals surface area contributed by atoms with E-state index in [1.165, 1.54) is 83.5 Å². The Labute approximate surface area is 248 Å². The maximum atomic E-state index is 12.1. The molecule has 228 valence electrons. The number of unbranched alkanes of at least 4 members (excludes halogenated alkanes) is 15. The van der Waals surface area contributed by atoms with Crippen molar-refractivity contribution in [2.45, 2.75) is 148 Å². The largest absolute Gasteiger partial charge is 0.508 e. The first kappa shape index (κ1) is 34.4. The summed E-state index contributed by atoms with van der Waals surface area (Å²) in [5.74, 6) is -0.179. The molecule has 0 heterocycles. The van der Waals surface area contributed by atoms with Crippen LogP contribution in [0.15, 0.2) is 46.8 Å². The van der Waals surface area contributed by atoms with E-state index in [1.54, 1.807) is 24.3 Å². The van der Waals surface area contributed by atoms with E-state index >= 15 is 0 Å². The molecule has 2 aromatic carbocycles. The second-order valence-electron chi connectivity index (χ2n) is 11.7. The predicted molar refractivity (Wildman–Crippen MR) is 171 cm³/mol. The lowest BCUT2D eigenvalue weighted by molar-refractivity contribution is 0.435. The van der Waals surface area contributed by atoms with Crippen LogP contribution in [0.5, 0.6) is 11.5 Å². The molecule has 2 rings (SSSR count). The monoisotopic (exact) mass is 566 g/mol. The summed E-state index contributed by atoms with van der Waals surface area (Å²) < 4.78 is 0. The number of phenols is 2. The first-order valence-corrected chi connectivity index (χ1v) is 16.3. The van der Waals surface area contributed by atoms with Crippen molar-refractivity contribution in [2.75, 3.05) is 0 Å².